The van der Waals surface area contributed by atoms with E-state index in [0.717, 1.165) is 4.90 Å². The first kappa shape index (κ1) is 33.6. The van der Waals surface area contributed by atoms with Crippen molar-refractivity contribution in [3.05, 3.63) is 0 Å². The Morgan fingerprint density at radius 3 is 1.73 bits per heavy atom. The SMILES string of the molecule is CC1CC(=O)N(CCC(=O)NCCNC(=O)CCC(C(=O)O)N2CCN(CC(=O)O)CCN(CC(=O)O)CC2)C1=O. The minimum Gasteiger partial charge on any atom is -0.480 e. The smallest absolute Gasteiger partial charge is 0.320 e. The van der Waals surface area contributed by atoms with Gasteiger partial charge < -0.3 is 26.0 Å². The van der Waals surface area contributed by atoms with Gasteiger partial charge in [0.2, 0.25) is 23.6 Å². The number of imide groups is 1. The zero-order valence-electron chi connectivity index (χ0n) is 23.2. The number of carbonyl (C=O) groups excluding carboxylic acids is 4. The highest BCUT2D eigenvalue weighted by Crippen LogP contribution is 2.18. The number of hydrogen-bond acceptors (Lipinski definition) is 10. The number of nitrogens with one attached hydrogen (secondary N) is 2. The predicted molar refractivity (Wildman–Crippen MR) is 142 cm³/mol. The lowest BCUT2D eigenvalue weighted by Crippen LogP contribution is -2.47. The Hall–Kier alpha value is -3.63. The Morgan fingerprint density at radius 1 is 0.805 bits per heavy atom. The molecule has 0 saturated carbocycles. The van der Waals surface area contributed by atoms with Crippen LogP contribution in [0, 0.1) is 5.92 Å². The lowest BCUT2D eigenvalue weighted by atomic mass is 10.1. The van der Waals surface area contributed by atoms with E-state index in [0.29, 0.717) is 13.1 Å². The van der Waals surface area contributed by atoms with E-state index >= 15 is 0 Å². The van der Waals surface area contributed by atoms with Crippen molar-refractivity contribution in [3.8, 4) is 0 Å². The van der Waals surface area contributed by atoms with Gasteiger partial charge in [-0.1, -0.05) is 6.92 Å². The molecule has 2 fully saturated rings. The van der Waals surface area contributed by atoms with Gasteiger partial charge in [0.1, 0.15) is 6.04 Å². The second kappa shape index (κ2) is 16.6. The van der Waals surface area contributed by atoms with Gasteiger partial charge in [-0.15, -0.1) is 0 Å². The summed E-state index contributed by atoms with van der Waals surface area (Å²) in [6.07, 6.45) is -0.0560. The van der Waals surface area contributed by atoms with E-state index in [2.05, 4.69) is 10.6 Å². The Morgan fingerprint density at radius 2 is 1.29 bits per heavy atom. The Balaban J connectivity index is 1.80. The lowest BCUT2D eigenvalue weighted by Gasteiger charge is -2.30. The average molecular weight is 585 g/mol. The summed E-state index contributed by atoms with van der Waals surface area (Å²) in [5, 5.41) is 33.4. The number of rotatable bonds is 15. The first-order chi connectivity index (χ1) is 19.4. The number of hydrogen-bond donors (Lipinski definition) is 5. The number of aliphatic carboxylic acids is 3. The van der Waals surface area contributed by atoms with Crippen molar-refractivity contribution in [2.75, 3.05) is 72.0 Å². The van der Waals surface area contributed by atoms with E-state index in [1.807, 2.05) is 0 Å². The molecule has 16 heteroatoms. The van der Waals surface area contributed by atoms with Crippen LogP contribution in [0.3, 0.4) is 0 Å². The number of nitrogens with zero attached hydrogens (tertiary/aromatic N) is 4. The molecule has 2 atom stereocenters. The summed E-state index contributed by atoms with van der Waals surface area (Å²) in [5.74, 6) is -5.02. The monoisotopic (exact) mass is 584 g/mol. The van der Waals surface area contributed by atoms with Gasteiger partial charge in [-0.25, -0.2) is 0 Å². The van der Waals surface area contributed by atoms with Crippen LogP contribution in [0.15, 0.2) is 0 Å². The number of amides is 4. The highest BCUT2D eigenvalue weighted by atomic mass is 16.4. The third-order valence-electron chi connectivity index (χ3n) is 7.03. The Bertz CT molecular complexity index is 964. The fourth-order valence-corrected chi connectivity index (χ4v) is 4.78. The number of carbonyl (C=O) groups is 7. The highest BCUT2D eigenvalue weighted by molar-refractivity contribution is 6.03. The van der Waals surface area contributed by atoms with Crippen molar-refractivity contribution >= 4 is 41.5 Å². The molecule has 16 nitrogen and oxygen atoms in total. The van der Waals surface area contributed by atoms with Crippen LogP contribution >= 0.6 is 0 Å². The van der Waals surface area contributed by atoms with Crippen LogP contribution in [0.25, 0.3) is 0 Å². The third kappa shape index (κ3) is 11.8. The van der Waals surface area contributed by atoms with Gasteiger partial charge >= 0.3 is 17.9 Å². The summed E-state index contributed by atoms with van der Waals surface area (Å²) in [6.45, 7) is 2.95. The van der Waals surface area contributed by atoms with Crippen molar-refractivity contribution in [1.29, 1.82) is 0 Å². The van der Waals surface area contributed by atoms with Crippen LogP contribution in [0.5, 0.6) is 0 Å². The molecule has 5 N–H and O–H groups in total. The van der Waals surface area contributed by atoms with Crippen molar-refractivity contribution in [2.45, 2.75) is 38.6 Å². The van der Waals surface area contributed by atoms with Crippen molar-refractivity contribution in [1.82, 2.24) is 30.2 Å². The summed E-state index contributed by atoms with van der Waals surface area (Å²) in [6, 6.07) is -1.05. The Labute approximate surface area is 237 Å². The molecule has 0 radical (unpaired) electrons. The van der Waals surface area contributed by atoms with Crippen LogP contribution in [0.4, 0.5) is 0 Å². The molecular formula is C25H40N6O10. The quantitative estimate of drug-likeness (QED) is 0.0981. The molecule has 2 aliphatic heterocycles. The van der Waals surface area contributed by atoms with Crippen molar-refractivity contribution < 1.29 is 48.9 Å². The van der Waals surface area contributed by atoms with Gasteiger partial charge in [0.15, 0.2) is 0 Å². The van der Waals surface area contributed by atoms with E-state index in [9.17, 15) is 48.9 Å². The molecule has 0 aromatic heterocycles. The molecule has 2 aliphatic rings. The minimum atomic E-state index is -1.15. The first-order valence-corrected chi connectivity index (χ1v) is 13.6. The summed E-state index contributed by atoms with van der Waals surface area (Å²) in [7, 11) is 0. The molecule has 0 spiro atoms. The molecular weight excluding hydrogens is 544 g/mol. The number of carboxylic acid groups (broad SMARTS) is 3. The van der Waals surface area contributed by atoms with Gasteiger partial charge in [-0.3, -0.25) is 53.2 Å². The van der Waals surface area contributed by atoms with E-state index < -0.39 is 29.9 Å². The third-order valence-corrected chi connectivity index (χ3v) is 7.03. The topological polar surface area (TPSA) is 217 Å². The maximum atomic E-state index is 12.4. The summed E-state index contributed by atoms with van der Waals surface area (Å²) in [4.78, 5) is 88.6. The van der Waals surface area contributed by atoms with Crippen molar-refractivity contribution in [2.24, 2.45) is 5.92 Å². The fraction of sp³-hybridized carbons (Fsp3) is 0.720. The number of likely N-dealkylation sites (tertiary alicyclic amines) is 1. The molecule has 2 unspecified atom stereocenters. The maximum absolute atomic E-state index is 12.4. The predicted octanol–water partition coefficient (Wildman–Crippen LogP) is -2.67. The zero-order valence-corrected chi connectivity index (χ0v) is 23.2. The van der Waals surface area contributed by atoms with Crippen LogP contribution in [-0.4, -0.2) is 154 Å². The van der Waals surface area contributed by atoms with Crippen LogP contribution < -0.4 is 10.6 Å². The zero-order chi connectivity index (χ0) is 30.5. The summed E-state index contributed by atoms with van der Waals surface area (Å²) in [5.41, 5.74) is 0. The van der Waals surface area contributed by atoms with E-state index in [1.165, 1.54) is 0 Å². The van der Waals surface area contributed by atoms with Gasteiger partial charge in [0, 0.05) is 84.1 Å². The second-order valence-corrected chi connectivity index (χ2v) is 10.2. The molecule has 0 aromatic rings. The van der Waals surface area contributed by atoms with Gasteiger partial charge in [0.05, 0.1) is 13.1 Å². The molecule has 230 valence electrons. The fourth-order valence-electron chi connectivity index (χ4n) is 4.78. The molecule has 0 aliphatic carbocycles. The molecule has 4 amide bonds. The molecule has 41 heavy (non-hydrogen) atoms. The Kier molecular flexibility index (Phi) is 13.6. The van der Waals surface area contributed by atoms with Crippen molar-refractivity contribution in [3.63, 3.8) is 0 Å². The average Bonchev–Trinajstić information content (AvgIpc) is 3.17. The van der Waals surface area contributed by atoms with Crippen LogP contribution in [0.2, 0.25) is 0 Å². The highest BCUT2D eigenvalue weighted by Gasteiger charge is 2.35. The molecule has 0 aromatic carbocycles. The van der Waals surface area contributed by atoms with Gasteiger partial charge in [-0.2, -0.15) is 0 Å². The largest absolute Gasteiger partial charge is 0.480 e. The van der Waals surface area contributed by atoms with E-state index in [1.54, 1.807) is 21.6 Å². The van der Waals surface area contributed by atoms with Gasteiger partial charge in [0.25, 0.3) is 0 Å². The molecule has 0 bridgehead atoms. The lowest BCUT2D eigenvalue weighted by molar-refractivity contribution is -0.145. The summed E-state index contributed by atoms with van der Waals surface area (Å²) < 4.78 is 0. The maximum Gasteiger partial charge on any atom is 0.320 e. The molecule has 2 rings (SSSR count). The van der Waals surface area contributed by atoms with Gasteiger partial charge in [-0.05, 0) is 6.42 Å². The summed E-state index contributed by atoms with van der Waals surface area (Å²) >= 11 is 0. The standard InChI is InChI=1S/C25H40N6O10/c1-17-14-21(34)31(24(17)39)7-4-20(33)27-6-5-26-19(32)3-2-18(25(40)41)30-12-10-28(15-22(35)36)8-9-29(11-13-30)16-23(37)38/h17-18H,2-16H2,1H3,(H,26,32)(H,27,33)(H,35,36)(H,37,38)(H,40,41). The molecule has 2 saturated heterocycles. The van der Waals surface area contributed by atoms with Crippen LogP contribution in [0.1, 0.15) is 32.6 Å². The molecule has 2 heterocycles. The van der Waals surface area contributed by atoms with Crippen LogP contribution in [-0.2, 0) is 33.6 Å². The first-order valence-electron chi connectivity index (χ1n) is 13.6. The number of carboxylic acids is 3. The van der Waals surface area contributed by atoms with E-state index in [-0.39, 0.29) is 108 Å². The normalized spacial score (nSPS) is 20.1. The van der Waals surface area contributed by atoms with E-state index in [4.69, 9.17) is 0 Å². The minimum absolute atomic E-state index is 0.00455. The second-order valence-electron chi connectivity index (χ2n) is 10.2.